The number of phenolic OH excluding ortho intramolecular Hbond substituents is 1. The van der Waals surface area contributed by atoms with Crippen LogP contribution in [0.15, 0.2) is 29.0 Å². The van der Waals surface area contributed by atoms with Crippen molar-refractivity contribution in [3.63, 3.8) is 0 Å². The lowest BCUT2D eigenvalue weighted by molar-refractivity contribution is -0.147. The first kappa shape index (κ1) is 23.5. The van der Waals surface area contributed by atoms with Gasteiger partial charge in [0.2, 0.25) is 5.78 Å². The Hall–Kier alpha value is -3.21. The van der Waals surface area contributed by atoms with E-state index < -0.39 is 52.0 Å². The van der Waals surface area contributed by atoms with Gasteiger partial charge in [-0.25, -0.2) is 0 Å². The molecule has 3 atom stereocenters. The minimum atomic E-state index is -2.54. The molecule has 10 heteroatoms. The highest BCUT2D eigenvalue weighted by atomic mass is 16.3. The van der Waals surface area contributed by atoms with Gasteiger partial charge < -0.3 is 36.8 Å². The van der Waals surface area contributed by atoms with Gasteiger partial charge in [-0.3, -0.25) is 14.4 Å². The van der Waals surface area contributed by atoms with E-state index in [0.29, 0.717) is 24.6 Å². The number of hydrogen-bond donors (Lipinski definition) is 7. The van der Waals surface area contributed by atoms with Crippen LogP contribution in [0.1, 0.15) is 42.4 Å². The number of nitrogens with two attached hydrogens (primary N) is 1. The van der Waals surface area contributed by atoms with Crippen molar-refractivity contribution in [3.05, 3.63) is 45.7 Å². The summed E-state index contributed by atoms with van der Waals surface area (Å²) in [5, 5.41) is 50.5. The third-order valence-electron chi connectivity index (χ3n) is 7.96. The number of piperidine rings is 1. The summed E-state index contributed by atoms with van der Waals surface area (Å²) in [6.45, 7) is 2.39. The van der Waals surface area contributed by atoms with Gasteiger partial charge in [0, 0.05) is 30.5 Å². The minimum absolute atomic E-state index is 0.125. The molecule has 0 bridgehead atoms. The second-order valence-corrected chi connectivity index (χ2v) is 9.91. The van der Waals surface area contributed by atoms with Gasteiger partial charge in [0.1, 0.15) is 22.8 Å². The molecule has 4 aliphatic rings. The average Bonchev–Trinajstić information content (AvgIpc) is 2.81. The zero-order valence-electron chi connectivity index (χ0n) is 19.1. The molecule has 35 heavy (non-hydrogen) atoms. The molecule has 3 aliphatic carbocycles. The van der Waals surface area contributed by atoms with E-state index in [1.165, 1.54) is 6.07 Å². The molecule has 10 nitrogen and oxygen atoms in total. The Bertz CT molecular complexity index is 1200. The van der Waals surface area contributed by atoms with E-state index in [4.69, 9.17) is 5.73 Å². The zero-order valence-corrected chi connectivity index (χ0v) is 19.1. The fraction of sp³-hybridized carbons (Fsp3) is 0.480. The topological polar surface area (TPSA) is 182 Å². The van der Waals surface area contributed by atoms with Gasteiger partial charge >= 0.3 is 0 Å². The highest BCUT2D eigenvalue weighted by Gasteiger charge is 2.60. The molecule has 1 saturated heterocycles. The van der Waals surface area contributed by atoms with Crippen molar-refractivity contribution in [2.45, 2.75) is 50.3 Å². The summed E-state index contributed by atoms with van der Waals surface area (Å²) in [7, 11) is 0. The number of Topliss-reactive ketones (excluding diaryl/α,β-unsaturated/α-hetero) is 2. The van der Waals surface area contributed by atoms with E-state index in [1.807, 2.05) is 0 Å². The lowest BCUT2D eigenvalue weighted by Gasteiger charge is -2.46. The molecule has 8 N–H and O–H groups in total. The maximum atomic E-state index is 13.5. The summed E-state index contributed by atoms with van der Waals surface area (Å²) < 4.78 is 0. The molecule has 1 heterocycles. The van der Waals surface area contributed by atoms with Gasteiger partial charge in [-0.15, -0.1) is 0 Å². The first-order chi connectivity index (χ1) is 16.6. The molecular formula is C25H29N3O7. The van der Waals surface area contributed by atoms with Crippen LogP contribution in [0.5, 0.6) is 5.75 Å². The van der Waals surface area contributed by atoms with Gasteiger partial charge in [-0.05, 0) is 61.9 Å². The average molecular weight is 484 g/mol. The van der Waals surface area contributed by atoms with Crippen LogP contribution in [0.25, 0.3) is 5.76 Å². The number of phenols is 1. The Morgan fingerprint density at radius 1 is 1.14 bits per heavy atom. The number of rotatable bonds is 4. The Morgan fingerprint density at radius 2 is 1.86 bits per heavy atom. The van der Waals surface area contributed by atoms with E-state index in [2.05, 4.69) is 10.6 Å². The largest absolute Gasteiger partial charge is 0.508 e. The van der Waals surface area contributed by atoms with Crippen LogP contribution >= 0.6 is 0 Å². The number of carbonyl (C=O) groups is 3. The number of fused-ring (bicyclic) bond motifs is 3. The molecule has 2 fully saturated rings. The van der Waals surface area contributed by atoms with Gasteiger partial charge in [-0.1, -0.05) is 6.07 Å². The molecule has 0 radical (unpaired) electrons. The van der Waals surface area contributed by atoms with Gasteiger partial charge in [0.05, 0.1) is 5.56 Å². The summed E-state index contributed by atoms with van der Waals surface area (Å²) >= 11 is 0. The second kappa shape index (κ2) is 8.47. The van der Waals surface area contributed by atoms with Crippen molar-refractivity contribution < 1.29 is 34.8 Å². The number of hydrogen-bond acceptors (Lipinski definition) is 9. The molecule has 1 aromatic carbocycles. The molecule has 1 aliphatic heterocycles. The molecule has 186 valence electrons. The van der Waals surface area contributed by atoms with Crippen molar-refractivity contribution in [2.75, 3.05) is 13.1 Å². The maximum absolute atomic E-state index is 13.5. The Morgan fingerprint density at radius 3 is 2.54 bits per heavy atom. The van der Waals surface area contributed by atoms with E-state index in [-0.39, 0.29) is 29.7 Å². The van der Waals surface area contributed by atoms with Crippen LogP contribution in [0.3, 0.4) is 0 Å². The number of aliphatic hydroxyl groups is 3. The number of primary amides is 1. The van der Waals surface area contributed by atoms with Crippen LogP contribution in [0.2, 0.25) is 0 Å². The molecule has 0 aromatic heterocycles. The van der Waals surface area contributed by atoms with Crippen LogP contribution in [0.4, 0.5) is 0 Å². The first-order valence-electron chi connectivity index (χ1n) is 11.9. The highest BCUT2D eigenvalue weighted by molar-refractivity contribution is 6.22. The third-order valence-corrected chi connectivity index (χ3v) is 7.96. The summed E-state index contributed by atoms with van der Waals surface area (Å²) in [5.74, 6) is -6.17. The van der Waals surface area contributed by atoms with Crippen molar-refractivity contribution in [1.82, 2.24) is 10.6 Å². The third kappa shape index (κ3) is 3.55. The smallest absolute Gasteiger partial charge is 0.255 e. The van der Waals surface area contributed by atoms with Gasteiger partial charge in [0.15, 0.2) is 11.4 Å². The molecular weight excluding hydrogens is 454 g/mol. The summed E-state index contributed by atoms with van der Waals surface area (Å²) in [6.07, 6.45) is 2.09. The van der Waals surface area contributed by atoms with Crippen LogP contribution in [-0.2, 0) is 27.3 Å². The highest BCUT2D eigenvalue weighted by Crippen LogP contribution is 2.52. The number of amides is 1. The first-order valence-corrected chi connectivity index (χ1v) is 11.9. The Kier molecular flexibility index (Phi) is 5.70. The number of benzene rings is 1. The molecule has 5 rings (SSSR count). The van der Waals surface area contributed by atoms with E-state index in [0.717, 1.165) is 31.5 Å². The number of ketones is 2. The Balaban J connectivity index is 1.55. The monoisotopic (exact) mass is 483 g/mol. The summed E-state index contributed by atoms with van der Waals surface area (Å²) in [6, 6.07) is 3.60. The van der Waals surface area contributed by atoms with Gasteiger partial charge in [-0.2, -0.15) is 0 Å². The van der Waals surface area contributed by atoms with Crippen LogP contribution in [0, 0.1) is 11.8 Å². The second-order valence-electron chi connectivity index (χ2n) is 9.91. The molecule has 0 spiro atoms. The normalized spacial score (nSPS) is 29.1. The van der Waals surface area contributed by atoms with E-state index in [1.54, 1.807) is 6.07 Å². The SMILES string of the molecule is NC(=O)C1=C(O)[C@@]2(O)C(=O)C3=C(O)c4c(O)ccc(CNC5CCNCC5)c4C[C@H]3C[C@H]2CC1=O. The van der Waals surface area contributed by atoms with E-state index >= 15 is 0 Å². The maximum Gasteiger partial charge on any atom is 0.255 e. The van der Waals surface area contributed by atoms with Crippen LogP contribution in [-0.4, -0.2) is 62.6 Å². The fourth-order valence-electron chi connectivity index (χ4n) is 6.13. The van der Waals surface area contributed by atoms with Crippen molar-refractivity contribution in [1.29, 1.82) is 0 Å². The predicted molar refractivity (Wildman–Crippen MR) is 124 cm³/mol. The fourth-order valence-corrected chi connectivity index (χ4v) is 6.13. The predicted octanol–water partition coefficient (Wildman–Crippen LogP) is 0.266. The van der Waals surface area contributed by atoms with Crippen molar-refractivity contribution in [2.24, 2.45) is 17.6 Å². The molecule has 1 saturated carbocycles. The summed E-state index contributed by atoms with van der Waals surface area (Å²) in [4.78, 5) is 37.7. The van der Waals surface area contributed by atoms with Crippen molar-refractivity contribution >= 4 is 23.2 Å². The van der Waals surface area contributed by atoms with Crippen LogP contribution < -0.4 is 16.4 Å². The quantitative estimate of drug-likeness (QED) is 0.296. The lowest BCUT2D eigenvalue weighted by atomic mass is 9.59. The van der Waals surface area contributed by atoms with E-state index in [9.17, 15) is 34.8 Å². The number of carbonyl (C=O) groups excluding carboxylic acids is 3. The minimum Gasteiger partial charge on any atom is -0.508 e. The standard InChI is InChI=1S/C25H29N3O7/c26-24(34)20-17(30)9-13-7-12-8-15-11(10-28-14-3-5-27-6-4-14)1-2-16(29)19(15)21(31)18(12)22(32)25(13,35)23(20)33/h1-2,12-14,27-29,31,33,35H,3-10H2,(H2,26,34)/t12-,13+,25+/m1/s1. The molecule has 1 aromatic rings. The number of aromatic hydroxyl groups is 1. The molecule has 0 unspecified atom stereocenters. The molecule has 1 amide bonds. The van der Waals surface area contributed by atoms with Crippen molar-refractivity contribution in [3.8, 4) is 5.75 Å². The lowest BCUT2D eigenvalue weighted by Crippen LogP contribution is -2.58. The number of aliphatic hydroxyl groups excluding tert-OH is 2. The zero-order chi connectivity index (χ0) is 25.1. The van der Waals surface area contributed by atoms with Gasteiger partial charge in [0.25, 0.3) is 5.91 Å². The number of nitrogens with one attached hydrogen (secondary N) is 2. The summed E-state index contributed by atoms with van der Waals surface area (Å²) in [5.41, 5.74) is 3.47. The Labute approximate surface area is 201 Å².